The molecule has 14 nitrogen and oxygen atoms in total. The number of terminal acetylenes is 2. The maximum atomic E-state index is 12.2. The first kappa shape index (κ1) is 41.0. The van der Waals surface area contributed by atoms with E-state index in [0.717, 1.165) is 11.0 Å². The second-order valence-electron chi connectivity index (χ2n) is 8.42. The smallest absolute Gasteiger partial charge is 0.295 e. The Balaban J connectivity index is 3.95. The fourth-order valence-electron chi connectivity index (χ4n) is 2.82. The Labute approximate surface area is 255 Å². The van der Waals surface area contributed by atoms with E-state index in [1.807, 2.05) is 0 Å². The van der Waals surface area contributed by atoms with E-state index in [2.05, 4.69) is 11.8 Å². The van der Waals surface area contributed by atoms with Gasteiger partial charge in [-0.2, -0.15) is 0 Å². The number of hydrogen-bond donors (Lipinski definition) is 0. The molecule has 0 spiro atoms. The van der Waals surface area contributed by atoms with E-state index in [0.29, 0.717) is 106 Å². The highest BCUT2D eigenvalue weighted by atomic mass is 16.6. The van der Waals surface area contributed by atoms with Crippen LogP contribution in [0.5, 0.6) is 0 Å². The summed E-state index contributed by atoms with van der Waals surface area (Å²) in [5.41, 5.74) is 0. The van der Waals surface area contributed by atoms with Crippen molar-refractivity contribution < 1.29 is 61.7 Å². The number of aldehydes is 1. The fourth-order valence-corrected chi connectivity index (χ4v) is 2.82. The van der Waals surface area contributed by atoms with Gasteiger partial charge in [-0.15, -0.1) is 12.8 Å². The van der Waals surface area contributed by atoms with Gasteiger partial charge in [0.25, 0.3) is 6.73 Å². The molecule has 0 amide bonds. The van der Waals surface area contributed by atoms with Crippen molar-refractivity contribution in [2.45, 2.75) is 12.5 Å². The fraction of sp³-hybridized carbons (Fsp3) is 0.828. The molecule has 0 fully saturated rings. The molecule has 0 saturated heterocycles. The molecule has 0 aromatic rings. The Bertz CT molecular complexity index is 667. The standard InChI is InChI=1S/C29H50NO13/c1-3-8-33-12-16-39-22-24-41-26-29(27-42-25-23-40-17-13-34-9-4-2)43-28-30(32)6-11-36-15-19-38-21-20-37-18-14-35-10-5-7-31/h1-2,7,29H,5-6,8-28H2/q+1. The molecular formula is C29H50NO13+. The van der Waals surface area contributed by atoms with Crippen LogP contribution in [0.1, 0.15) is 6.42 Å². The maximum absolute atomic E-state index is 12.2. The molecule has 0 saturated carbocycles. The molecule has 0 bridgehead atoms. The molecule has 0 rings (SSSR count). The highest BCUT2D eigenvalue weighted by molar-refractivity contribution is 5.49. The molecule has 0 unspecified atom stereocenters. The van der Waals surface area contributed by atoms with Crippen molar-refractivity contribution in [1.82, 2.24) is 0 Å². The third-order valence-corrected chi connectivity index (χ3v) is 4.90. The van der Waals surface area contributed by atoms with Crippen LogP contribution in [0.2, 0.25) is 0 Å². The average molecular weight is 621 g/mol. The minimum absolute atomic E-state index is 0.132. The Morgan fingerprint density at radius 3 is 1.33 bits per heavy atom. The average Bonchev–Trinajstić information content (AvgIpc) is 3.01. The van der Waals surface area contributed by atoms with Crippen LogP contribution in [0.25, 0.3) is 0 Å². The number of carbonyl (C=O) groups excluding carboxylic acids is 1. The summed E-state index contributed by atoms with van der Waals surface area (Å²) in [5, 5.41) is 0. The van der Waals surface area contributed by atoms with Crippen LogP contribution in [0.4, 0.5) is 0 Å². The maximum Gasteiger partial charge on any atom is 0.295 e. The number of carbonyl (C=O) groups is 1. The highest BCUT2D eigenvalue weighted by Gasteiger charge is 2.16. The molecule has 14 heteroatoms. The lowest BCUT2D eigenvalue weighted by molar-refractivity contribution is -0.592. The molecule has 0 aliphatic carbocycles. The first-order valence-electron chi connectivity index (χ1n) is 14.4. The Morgan fingerprint density at radius 1 is 0.535 bits per heavy atom. The lowest BCUT2D eigenvalue weighted by Gasteiger charge is -2.16. The topological polar surface area (TPSA) is 139 Å². The first-order valence-corrected chi connectivity index (χ1v) is 14.4. The Hall–Kier alpha value is -2.05. The monoisotopic (exact) mass is 620 g/mol. The molecular weight excluding hydrogens is 570 g/mol. The second kappa shape index (κ2) is 36.1. The summed E-state index contributed by atoms with van der Waals surface area (Å²) in [5.74, 6) is 4.77. The number of rotatable bonds is 36. The summed E-state index contributed by atoms with van der Waals surface area (Å²) in [6.07, 6.45) is 11.0. The van der Waals surface area contributed by atoms with Gasteiger partial charge in [-0.05, 0) is 0 Å². The molecule has 0 aliphatic rings. The van der Waals surface area contributed by atoms with Gasteiger partial charge in [-0.3, -0.25) is 0 Å². The zero-order valence-corrected chi connectivity index (χ0v) is 25.3. The predicted molar refractivity (Wildman–Crippen MR) is 155 cm³/mol. The summed E-state index contributed by atoms with van der Waals surface area (Å²) in [6, 6.07) is 0. The van der Waals surface area contributed by atoms with E-state index in [1.54, 1.807) is 0 Å². The van der Waals surface area contributed by atoms with Gasteiger partial charge in [0.05, 0.1) is 112 Å². The zero-order chi connectivity index (χ0) is 31.3. The van der Waals surface area contributed by atoms with Crippen molar-refractivity contribution in [2.24, 2.45) is 0 Å². The van der Waals surface area contributed by atoms with E-state index < -0.39 is 6.10 Å². The first-order chi connectivity index (χ1) is 21.2. The van der Waals surface area contributed by atoms with Gasteiger partial charge in [-0.1, -0.05) is 11.8 Å². The van der Waals surface area contributed by atoms with Gasteiger partial charge in [-0.25, -0.2) is 0 Å². The summed E-state index contributed by atoms with van der Waals surface area (Å²) in [4.78, 5) is 22.3. The quantitative estimate of drug-likeness (QED) is 0.0309. The van der Waals surface area contributed by atoms with Gasteiger partial charge in [0.1, 0.15) is 32.2 Å². The van der Waals surface area contributed by atoms with E-state index in [-0.39, 0.29) is 46.3 Å². The second-order valence-corrected chi connectivity index (χ2v) is 8.42. The molecule has 43 heavy (non-hydrogen) atoms. The molecule has 248 valence electrons. The predicted octanol–water partition coefficient (Wildman–Crippen LogP) is 0.129. The lowest BCUT2D eigenvalue weighted by Crippen LogP contribution is -2.31. The Kier molecular flexibility index (Phi) is 34.4. The number of hydrogen-bond acceptors (Lipinski definition) is 13. The van der Waals surface area contributed by atoms with Crippen molar-refractivity contribution in [3.8, 4) is 24.7 Å². The van der Waals surface area contributed by atoms with Crippen molar-refractivity contribution in [3.63, 3.8) is 0 Å². The number of nitrogens with zero attached hydrogens (tertiary/aromatic N) is 1. The Morgan fingerprint density at radius 2 is 0.907 bits per heavy atom. The SMILES string of the molecule is C#CCOCCOCCOCC(COCCOCCOCC#C)OC[N+](=O)CCOCCOCCOCCOCCC=O. The third-order valence-electron chi connectivity index (χ3n) is 4.90. The number of ether oxygens (including phenoxy) is 11. The van der Waals surface area contributed by atoms with Crippen molar-refractivity contribution in [2.75, 3.05) is 145 Å². The van der Waals surface area contributed by atoms with E-state index in [9.17, 15) is 9.70 Å². The van der Waals surface area contributed by atoms with Gasteiger partial charge in [0, 0.05) is 16.1 Å². The molecule has 0 heterocycles. The minimum atomic E-state index is -0.464. The van der Waals surface area contributed by atoms with Gasteiger partial charge < -0.3 is 56.9 Å². The van der Waals surface area contributed by atoms with Crippen LogP contribution in [0, 0.1) is 29.6 Å². The van der Waals surface area contributed by atoms with Crippen LogP contribution in [-0.4, -0.2) is 163 Å². The summed E-state index contributed by atoms with van der Waals surface area (Å²) < 4.78 is 60.2. The molecule has 0 N–H and O–H groups in total. The van der Waals surface area contributed by atoms with E-state index in [1.165, 1.54) is 0 Å². The minimum Gasteiger partial charge on any atom is -0.379 e. The third kappa shape index (κ3) is 34.3. The zero-order valence-electron chi connectivity index (χ0n) is 25.3. The lowest BCUT2D eigenvalue weighted by atomic mass is 10.4. The molecule has 0 radical (unpaired) electrons. The van der Waals surface area contributed by atoms with Gasteiger partial charge in [0.15, 0.2) is 0 Å². The van der Waals surface area contributed by atoms with E-state index >= 15 is 0 Å². The molecule has 0 aliphatic heterocycles. The summed E-state index contributed by atoms with van der Waals surface area (Å²) in [6.45, 7) is 7.09. The van der Waals surface area contributed by atoms with Crippen LogP contribution in [0.3, 0.4) is 0 Å². The molecule has 0 aromatic heterocycles. The van der Waals surface area contributed by atoms with Gasteiger partial charge in [0.2, 0.25) is 6.54 Å². The molecule has 0 aromatic carbocycles. The van der Waals surface area contributed by atoms with Crippen LogP contribution < -0.4 is 0 Å². The van der Waals surface area contributed by atoms with Crippen LogP contribution in [0.15, 0.2) is 0 Å². The van der Waals surface area contributed by atoms with Gasteiger partial charge >= 0.3 is 0 Å². The van der Waals surface area contributed by atoms with E-state index in [4.69, 9.17) is 65.0 Å². The van der Waals surface area contributed by atoms with Crippen molar-refractivity contribution >= 4 is 6.29 Å². The largest absolute Gasteiger partial charge is 0.379 e. The number of nitroso groups, excluding NO2 is 1. The van der Waals surface area contributed by atoms with Crippen LogP contribution in [-0.2, 0) is 56.9 Å². The molecule has 0 atom stereocenters. The normalized spacial score (nSPS) is 11.0. The highest BCUT2D eigenvalue weighted by Crippen LogP contribution is 1.98. The van der Waals surface area contributed by atoms with Crippen LogP contribution >= 0.6 is 0 Å². The van der Waals surface area contributed by atoms with Crippen molar-refractivity contribution in [1.29, 1.82) is 0 Å². The summed E-state index contributed by atoms with van der Waals surface area (Å²) >= 11 is 0. The summed E-state index contributed by atoms with van der Waals surface area (Å²) in [7, 11) is 0. The van der Waals surface area contributed by atoms with Crippen molar-refractivity contribution in [3.05, 3.63) is 4.91 Å².